The van der Waals surface area contributed by atoms with Gasteiger partial charge in [-0.1, -0.05) is 26.0 Å². The number of ether oxygens (including phenoxy) is 6. The number of nitrogens with one attached hydrogen (secondary N) is 3. The highest BCUT2D eigenvalue weighted by atomic mass is 32.2. The molecule has 48 heavy (non-hydrogen) atoms. The van der Waals surface area contributed by atoms with Crippen LogP contribution in [0, 0.1) is 5.92 Å². The lowest BCUT2D eigenvalue weighted by atomic mass is 10.1. The van der Waals surface area contributed by atoms with Crippen LogP contribution in [0.1, 0.15) is 45.7 Å². The van der Waals surface area contributed by atoms with Gasteiger partial charge in [0.2, 0.25) is 11.9 Å². The Hall–Kier alpha value is -3.28. The molecule has 0 aliphatic rings. The first kappa shape index (κ1) is 40.9. The molecule has 270 valence electrons. The number of aromatic nitrogens is 5. The number of hydrogen-bond acceptors (Lipinski definition) is 12. The molecule has 3 rings (SSSR count). The summed E-state index contributed by atoms with van der Waals surface area (Å²) >= 11 is 1.80. The summed E-state index contributed by atoms with van der Waals surface area (Å²) in [5.74, 6) is 2.11. The van der Waals surface area contributed by atoms with Crippen molar-refractivity contribution in [2.45, 2.75) is 58.1 Å². The van der Waals surface area contributed by atoms with E-state index in [0.717, 1.165) is 41.9 Å². The predicted molar refractivity (Wildman–Crippen MR) is 184 cm³/mol. The van der Waals surface area contributed by atoms with Crippen LogP contribution >= 0.6 is 11.8 Å². The maximum absolute atomic E-state index is 11.1. The van der Waals surface area contributed by atoms with Gasteiger partial charge in [0.1, 0.15) is 5.69 Å². The largest absolute Gasteiger partial charge is 0.453 e. The van der Waals surface area contributed by atoms with Crippen LogP contribution in [-0.4, -0.2) is 116 Å². The van der Waals surface area contributed by atoms with E-state index in [9.17, 15) is 9.59 Å². The van der Waals surface area contributed by atoms with Crippen molar-refractivity contribution in [3.63, 3.8) is 0 Å². The van der Waals surface area contributed by atoms with Crippen molar-refractivity contribution in [3.05, 3.63) is 30.1 Å². The maximum Gasteiger partial charge on any atom is 0.413 e. The van der Waals surface area contributed by atoms with Gasteiger partial charge in [0, 0.05) is 24.9 Å². The number of thioether (sulfide) groups is 1. The van der Waals surface area contributed by atoms with Gasteiger partial charge in [-0.05, 0) is 42.7 Å². The van der Waals surface area contributed by atoms with Gasteiger partial charge < -0.3 is 38.7 Å². The molecule has 2 amide bonds. The average Bonchev–Trinajstić information content (AvgIpc) is 3.72. The summed E-state index contributed by atoms with van der Waals surface area (Å²) in [6, 6.07) is 6.00. The zero-order valence-electron chi connectivity index (χ0n) is 29.0. The number of aryl methyl sites for hydroxylation is 1. The van der Waals surface area contributed by atoms with Crippen LogP contribution in [0.5, 0.6) is 0 Å². The number of carbonyl (C=O) groups is 2. The third-order valence-corrected chi connectivity index (χ3v) is 7.54. The summed E-state index contributed by atoms with van der Waals surface area (Å²) in [5, 5.41) is 13.2. The van der Waals surface area contributed by atoms with E-state index >= 15 is 0 Å². The number of amides is 2. The Morgan fingerprint density at radius 3 is 2.21 bits per heavy atom. The number of hydrogen-bond donors (Lipinski definition) is 3. The van der Waals surface area contributed by atoms with E-state index in [1.54, 1.807) is 18.8 Å². The molecular weight excluding hydrogens is 642 g/mol. The Balaban J connectivity index is 0.000000376. The number of fused-ring (bicyclic) bond motifs is 1. The summed E-state index contributed by atoms with van der Waals surface area (Å²) in [5.41, 5.74) is 2.56. The zero-order chi connectivity index (χ0) is 34.8. The Bertz CT molecular complexity index is 1290. The third-order valence-electron chi connectivity index (χ3n) is 6.34. The van der Waals surface area contributed by atoms with Crippen LogP contribution in [0.2, 0.25) is 0 Å². The summed E-state index contributed by atoms with van der Waals surface area (Å²) in [6.45, 7) is 12.2. The Kier molecular flexibility index (Phi) is 21.9. The topological polar surface area (TPSA) is 173 Å². The molecule has 1 aromatic carbocycles. The molecule has 0 atom stereocenters. The van der Waals surface area contributed by atoms with E-state index in [1.165, 1.54) is 12.0 Å². The summed E-state index contributed by atoms with van der Waals surface area (Å²) in [7, 11) is 2.92. The van der Waals surface area contributed by atoms with Gasteiger partial charge in [-0.2, -0.15) is 0 Å². The van der Waals surface area contributed by atoms with Crippen molar-refractivity contribution >= 4 is 40.7 Å². The number of H-pyrrole nitrogens is 1. The SMILES string of the molecule is CCCSc1ccc2nc(NC(=O)OC)[nH]c2c1.CNC(=O)CCOCCOCCOCCOCCOCc1cn(CCC(C)C)nn1. The van der Waals surface area contributed by atoms with Crippen molar-refractivity contribution in [2.24, 2.45) is 5.92 Å². The molecule has 2 heterocycles. The van der Waals surface area contributed by atoms with E-state index in [1.807, 2.05) is 29.1 Å². The normalized spacial score (nSPS) is 11.0. The molecule has 16 heteroatoms. The molecule has 0 fully saturated rings. The van der Waals surface area contributed by atoms with Gasteiger partial charge in [-0.3, -0.25) is 14.8 Å². The molecule has 0 spiro atoms. The van der Waals surface area contributed by atoms with Gasteiger partial charge in [0.15, 0.2) is 0 Å². The lowest BCUT2D eigenvalue weighted by Gasteiger charge is -2.07. The monoisotopic (exact) mass is 695 g/mol. The zero-order valence-corrected chi connectivity index (χ0v) is 29.8. The molecule has 0 radical (unpaired) electrons. The van der Waals surface area contributed by atoms with E-state index < -0.39 is 6.09 Å². The second kappa shape index (κ2) is 25.7. The number of anilines is 1. The lowest BCUT2D eigenvalue weighted by Crippen LogP contribution is -2.20. The minimum Gasteiger partial charge on any atom is -0.453 e. The molecule has 0 aliphatic heterocycles. The quantitative estimate of drug-likeness (QED) is 0.0898. The second-order valence-electron chi connectivity index (χ2n) is 10.8. The fourth-order valence-corrected chi connectivity index (χ4v) is 4.56. The van der Waals surface area contributed by atoms with Gasteiger partial charge in [0.25, 0.3) is 0 Å². The minimum atomic E-state index is -0.533. The molecule has 15 nitrogen and oxygen atoms in total. The number of nitrogens with zero attached hydrogens (tertiary/aromatic N) is 4. The predicted octanol–water partition coefficient (Wildman–Crippen LogP) is 4.29. The average molecular weight is 696 g/mol. The fourth-order valence-electron chi connectivity index (χ4n) is 3.76. The van der Waals surface area contributed by atoms with E-state index in [0.29, 0.717) is 84.4 Å². The molecule has 0 unspecified atom stereocenters. The molecule has 2 aromatic heterocycles. The van der Waals surface area contributed by atoms with Crippen LogP contribution in [0.3, 0.4) is 0 Å². The van der Waals surface area contributed by atoms with Crippen molar-refractivity contribution < 1.29 is 38.0 Å². The van der Waals surface area contributed by atoms with Gasteiger partial charge >= 0.3 is 6.09 Å². The molecule has 0 aliphatic carbocycles. The van der Waals surface area contributed by atoms with Crippen molar-refractivity contribution in [3.8, 4) is 0 Å². The van der Waals surface area contributed by atoms with Gasteiger partial charge in [0.05, 0.1) is 90.4 Å². The number of rotatable bonds is 24. The molecular formula is C32H53N7O8S. The Morgan fingerprint density at radius 2 is 1.60 bits per heavy atom. The standard InChI is InChI=1S/C20H38N4O6.C12H15N3O2S/c1-18(2)4-6-24-16-19(22-23-24)17-30-15-14-29-13-12-28-11-10-27-9-8-26-7-5-20(25)21-3;1-3-6-18-8-4-5-9-10(7-8)14-11(13-9)15-12(16)17-2/h16,18H,4-15,17H2,1-3H3,(H,21,25);4-5,7H,3,6H2,1-2H3,(H2,13,14,15,16). The highest BCUT2D eigenvalue weighted by Gasteiger charge is 2.07. The highest BCUT2D eigenvalue weighted by molar-refractivity contribution is 7.99. The van der Waals surface area contributed by atoms with Gasteiger partial charge in [-0.15, -0.1) is 16.9 Å². The van der Waals surface area contributed by atoms with Crippen LogP contribution in [0.15, 0.2) is 29.3 Å². The highest BCUT2D eigenvalue weighted by Crippen LogP contribution is 2.24. The van der Waals surface area contributed by atoms with Crippen LogP contribution in [-0.2, 0) is 46.4 Å². The number of imidazole rings is 1. The minimum absolute atomic E-state index is 0.0281. The first-order valence-corrected chi connectivity index (χ1v) is 17.3. The first-order valence-electron chi connectivity index (χ1n) is 16.3. The molecule has 3 aromatic rings. The van der Waals surface area contributed by atoms with Crippen molar-refractivity contribution in [1.82, 2.24) is 30.3 Å². The maximum atomic E-state index is 11.1. The van der Waals surface area contributed by atoms with Crippen molar-refractivity contribution in [1.29, 1.82) is 0 Å². The molecule has 3 N–H and O–H groups in total. The molecule has 0 saturated carbocycles. The number of methoxy groups -OCH3 is 1. The smallest absolute Gasteiger partial charge is 0.413 e. The Morgan fingerprint density at radius 1 is 0.958 bits per heavy atom. The third kappa shape index (κ3) is 18.9. The van der Waals surface area contributed by atoms with Crippen LogP contribution in [0.4, 0.5) is 10.7 Å². The number of carbonyl (C=O) groups excluding carboxylic acids is 2. The van der Waals surface area contributed by atoms with Crippen molar-refractivity contribution in [2.75, 3.05) is 84.7 Å². The summed E-state index contributed by atoms with van der Waals surface area (Å²) in [6.07, 6.45) is 3.98. The molecule has 0 saturated heterocycles. The summed E-state index contributed by atoms with van der Waals surface area (Å²) < 4.78 is 33.4. The summed E-state index contributed by atoms with van der Waals surface area (Å²) in [4.78, 5) is 30.5. The first-order chi connectivity index (χ1) is 23.3. The van der Waals surface area contributed by atoms with E-state index in [2.05, 4.69) is 56.4 Å². The fraction of sp³-hybridized carbons (Fsp3) is 0.656. The number of benzene rings is 1. The van der Waals surface area contributed by atoms with E-state index in [4.69, 9.17) is 23.7 Å². The van der Waals surface area contributed by atoms with Crippen LogP contribution in [0.25, 0.3) is 11.0 Å². The Labute approximate surface area is 287 Å². The molecule has 0 bridgehead atoms. The van der Waals surface area contributed by atoms with Crippen LogP contribution < -0.4 is 10.6 Å². The van der Waals surface area contributed by atoms with Gasteiger partial charge in [-0.25, -0.2) is 9.78 Å². The second-order valence-corrected chi connectivity index (χ2v) is 12.0. The van der Waals surface area contributed by atoms with E-state index in [-0.39, 0.29) is 5.91 Å². The lowest BCUT2D eigenvalue weighted by molar-refractivity contribution is -0.121. The number of aromatic amines is 1.